The van der Waals surface area contributed by atoms with Gasteiger partial charge in [-0.15, -0.1) is 11.6 Å². The molecule has 0 aliphatic carbocycles. The van der Waals surface area contributed by atoms with Crippen LogP contribution in [0.4, 0.5) is 0 Å². The van der Waals surface area contributed by atoms with Crippen molar-refractivity contribution in [1.29, 1.82) is 0 Å². The molecule has 0 bridgehead atoms. The van der Waals surface area contributed by atoms with Crippen molar-refractivity contribution in [2.75, 3.05) is 12.5 Å². The fraction of sp³-hybridized carbons (Fsp3) is 0.500. The van der Waals surface area contributed by atoms with Gasteiger partial charge >= 0.3 is 0 Å². The average Bonchev–Trinajstić information content (AvgIpc) is 2.63. The Balaban J connectivity index is 2.19. The number of aromatic nitrogens is 1. The molecule has 1 aliphatic heterocycles. The standard InChI is InChI=1S/C10H12ClNO2/c1-10(8-2-4-12-5-3-8)13-7-9(6-11)14-10/h2-5,9H,6-7H2,1H3. The SMILES string of the molecule is CC1(c2ccncc2)OCC(CCl)O1. The van der Waals surface area contributed by atoms with Crippen LogP contribution in [0.2, 0.25) is 0 Å². The number of halogens is 1. The molecular formula is C10H12ClNO2. The van der Waals surface area contributed by atoms with Crippen LogP contribution in [0.5, 0.6) is 0 Å². The third-order valence-electron chi connectivity index (χ3n) is 2.31. The number of rotatable bonds is 2. The molecule has 1 aromatic heterocycles. The average molecular weight is 214 g/mol. The van der Waals surface area contributed by atoms with Crippen molar-refractivity contribution in [2.45, 2.75) is 18.8 Å². The van der Waals surface area contributed by atoms with Crippen LogP contribution in [0.25, 0.3) is 0 Å². The van der Waals surface area contributed by atoms with Gasteiger partial charge in [0.15, 0.2) is 5.79 Å². The van der Waals surface area contributed by atoms with Crippen molar-refractivity contribution in [2.24, 2.45) is 0 Å². The molecule has 2 rings (SSSR count). The fourth-order valence-corrected chi connectivity index (χ4v) is 1.67. The van der Waals surface area contributed by atoms with Crippen LogP contribution in [0, 0.1) is 0 Å². The Kier molecular flexibility index (Phi) is 2.72. The molecule has 1 saturated heterocycles. The van der Waals surface area contributed by atoms with E-state index in [1.807, 2.05) is 19.1 Å². The van der Waals surface area contributed by atoms with Gasteiger partial charge < -0.3 is 9.47 Å². The number of pyridine rings is 1. The second-order valence-corrected chi connectivity index (χ2v) is 3.70. The van der Waals surface area contributed by atoms with Gasteiger partial charge in [-0.3, -0.25) is 4.98 Å². The summed E-state index contributed by atoms with van der Waals surface area (Å²) in [5.74, 6) is -0.205. The molecule has 76 valence electrons. The predicted molar refractivity (Wildman–Crippen MR) is 53.1 cm³/mol. The Labute approximate surface area is 88.0 Å². The van der Waals surface area contributed by atoms with E-state index >= 15 is 0 Å². The molecule has 0 aromatic carbocycles. The predicted octanol–water partition coefficient (Wildman–Crippen LogP) is 1.91. The summed E-state index contributed by atoms with van der Waals surface area (Å²) in [6, 6.07) is 3.77. The lowest BCUT2D eigenvalue weighted by Gasteiger charge is -2.23. The summed E-state index contributed by atoms with van der Waals surface area (Å²) in [6.45, 7) is 2.44. The first-order valence-electron chi connectivity index (χ1n) is 4.53. The Morgan fingerprint density at radius 3 is 2.86 bits per heavy atom. The number of alkyl halides is 1. The Morgan fingerprint density at radius 1 is 1.57 bits per heavy atom. The van der Waals surface area contributed by atoms with E-state index in [0.29, 0.717) is 12.5 Å². The van der Waals surface area contributed by atoms with Gasteiger partial charge in [0, 0.05) is 18.0 Å². The molecule has 14 heavy (non-hydrogen) atoms. The molecule has 0 amide bonds. The van der Waals surface area contributed by atoms with Crippen molar-refractivity contribution in [3.8, 4) is 0 Å². The van der Waals surface area contributed by atoms with Crippen molar-refractivity contribution in [1.82, 2.24) is 4.98 Å². The minimum absolute atomic E-state index is 0.0187. The zero-order valence-corrected chi connectivity index (χ0v) is 8.70. The van der Waals surface area contributed by atoms with Crippen LogP contribution in [-0.2, 0) is 15.3 Å². The van der Waals surface area contributed by atoms with E-state index in [1.54, 1.807) is 12.4 Å². The minimum Gasteiger partial charge on any atom is -0.343 e. The number of hydrogen-bond donors (Lipinski definition) is 0. The molecule has 4 heteroatoms. The van der Waals surface area contributed by atoms with Crippen LogP contribution in [0.3, 0.4) is 0 Å². The molecular weight excluding hydrogens is 202 g/mol. The van der Waals surface area contributed by atoms with Gasteiger partial charge in [-0.05, 0) is 19.1 Å². The smallest absolute Gasteiger partial charge is 0.192 e. The highest BCUT2D eigenvalue weighted by Crippen LogP contribution is 2.33. The van der Waals surface area contributed by atoms with Crippen LogP contribution < -0.4 is 0 Å². The van der Waals surface area contributed by atoms with Gasteiger partial charge in [-0.25, -0.2) is 0 Å². The molecule has 2 unspecified atom stereocenters. The van der Waals surface area contributed by atoms with Crippen molar-refractivity contribution < 1.29 is 9.47 Å². The molecule has 0 spiro atoms. The lowest BCUT2D eigenvalue weighted by Crippen LogP contribution is -2.24. The van der Waals surface area contributed by atoms with Gasteiger partial charge in [0.05, 0.1) is 18.6 Å². The van der Waals surface area contributed by atoms with Crippen LogP contribution >= 0.6 is 11.6 Å². The molecule has 1 aromatic rings. The Morgan fingerprint density at radius 2 is 2.29 bits per heavy atom. The molecule has 1 fully saturated rings. The van der Waals surface area contributed by atoms with Gasteiger partial charge in [0.25, 0.3) is 0 Å². The van der Waals surface area contributed by atoms with E-state index in [0.717, 1.165) is 5.56 Å². The van der Waals surface area contributed by atoms with Gasteiger partial charge in [0.2, 0.25) is 0 Å². The minimum atomic E-state index is -0.664. The molecule has 0 N–H and O–H groups in total. The lowest BCUT2D eigenvalue weighted by atomic mass is 10.1. The maximum Gasteiger partial charge on any atom is 0.192 e. The van der Waals surface area contributed by atoms with E-state index < -0.39 is 5.79 Å². The summed E-state index contributed by atoms with van der Waals surface area (Å²) in [4.78, 5) is 3.95. The Hall–Kier alpha value is -0.640. The fourth-order valence-electron chi connectivity index (χ4n) is 1.52. The van der Waals surface area contributed by atoms with Gasteiger partial charge in [-0.1, -0.05) is 0 Å². The second kappa shape index (κ2) is 3.85. The quantitative estimate of drug-likeness (QED) is 0.704. The third-order valence-corrected chi connectivity index (χ3v) is 2.66. The molecule has 1 aliphatic rings. The monoisotopic (exact) mass is 213 g/mol. The summed E-state index contributed by atoms with van der Waals surface area (Å²) >= 11 is 5.71. The summed E-state index contributed by atoms with van der Waals surface area (Å²) in [5, 5.41) is 0. The van der Waals surface area contributed by atoms with E-state index in [2.05, 4.69) is 4.98 Å². The van der Waals surface area contributed by atoms with E-state index in [1.165, 1.54) is 0 Å². The van der Waals surface area contributed by atoms with E-state index in [-0.39, 0.29) is 6.10 Å². The first-order chi connectivity index (χ1) is 6.74. The third kappa shape index (κ3) is 1.75. The summed E-state index contributed by atoms with van der Waals surface area (Å²) in [5.41, 5.74) is 0.972. The first-order valence-corrected chi connectivity index (χ1v) is 5.06. The summed E-state index contributed by atoms with van der Waals surface area (Å²) < 4.78 is 11.3. The molecule has 0 radical (unpaired) electrons. The largest absolute Gasteiger partial charge is 0.343 e. The first kappa shape index (κ1) is 9.90. The number of ether oxygens (including phenoxy) is 2. The van der Waals surface area contributed by atoms with Crippen molar-refractivity contribution >= 4 is 11.6 Å². The zero-order chi connectivity index (χ0) is 10.0. The maximum atomic E-state index is 5.71. The molecule has 2 atom stereocenters. The molecule has 3 nitrogen and oxygen atoms in total. The summed E-state index contributed by atoms with van der Waals surface area (Å²) in [6.07, 6.45) is 3.43. The van der Waals surface area contributed by atoms with Crippen LogP contribution in [0.1, 0.15) is 12.5 Å². The number of nitrogens with zero attached hydrogens (tertiary/aromatic N) is 1. The Bertz CT molecular complexity index is 306. The van der Waals surface area contributed by atoms with Gasteiger partial charge in [-0.2, -0.15) is 0 Å². The highest BCUT2D eigenvalue weighted by Gasteiger charge is 2.38. The van der Waals surface area contributed by atoms with E-state index in [4.69, 9.17) is 21.1 Å². The van der Waals surface area contributed by atoms with Gasteiger partial charge in [0.1, 0.15) is 0 Å². The topological polar surface area (TPSA) is 31.4 Å². The van der Waals surface area contributed by atoms with Crippen LogP contribution in [0.15, 0.2) is 24.5 Å². The molecule has 0 saturated carbocycles. The van der Waals surface area contributed by atoms with E-state index in [9.17, 15) is 0 Å². The zero-order valence-electron chi connectivity index (χ0n) is 7.94. The summed E-state index contributed by atoms with van der Waals surface area (Å²) in [7, 11) is 0. The molecule has 2 heterocycles. The highest BCUT2D eigenvalue weighted by atomic mass is 35.5. The maximum absolute atomic E-state index is 5.71. The lowest BCUT2D eigenvalue weighted by molar-refractivity contribution is -0.159. The van der Waals surface area contributed by atoms with Crippen molar-refractivity contribution in [3.05, 3.63) is 30.1 Å². The second-order valence-electron chi connectivity index (χ2n) is 3.39. The number of hydrogen-bond acceptors (Lipinski definition) is 3. The van der Waals surface area contributed by atoms with Crippen molar-refractivity contribution in [3.63, 3.8) is 0 Å². The highest BCUT2D eigenvalue weighted by molar-refractivity contribution is 6.18. The van der Waals surface area contributed by atoms with Crippen LogP contribution in [-0.4, -0.2) is 23.6 Å². The normalized spacial score (nSPS) is 32.0.